The molecule has 1 amide bonds. The van der Waals surface area contributed by atoms with E-state index in [1.165, 1.54) is 18.2 Å². The average molecular weight is 473 g/mol. The van der Waals surface area contributed by atoms with E-state index >= 15 is 0 Å². The highest BCUT2D eigenvalue weighted by Gasteiger charge is 2.23. The van der Waals surface area contributed by atoms with Gasteiger partial charge in [-0.05, 0) is 78.6 Å². The van der Waals surface area contributed by atoms with Crippen LogP contribution in [0, 0.1) is 11.6 Å². The molecule has 0 fully saturated rings. The number of hydrogen-bond donors (Lipinski definition) is 2. The molecule has 1 heterocycles. The fourth-order valence-corrected chi connectivity index (χ4v) is 4.17. The number of ether oxygens (including phenoxy) is 1. The van der Waals surface area contributed by atoms with Crippen LogP contribution in [-0.2, 0) is 24.1 Å². The van der Waals surface area contributed by atoms with Crippen molar-refractivity contribution in [3.8, 4) is 34.0 Å². The van der Waals surface area contributed by atoms with Gasteiger partial charge in [-0.1, -0.05) is 6.07 Å². The third-order valence-corrected chi connectivity index (χ3v) is 5.91. The Kier molecular flexibility index (Phi) is 5.86. The fourth-order valence-electron chi connectivity index (χ4n) is 4.17. The number of hydrogen-bond acceptors (Lipinski definition) is 5. The van der Waals surface area contributed by atoms with Crippen molar-refractivity contribution in [2.75, 3.05) is 12.4 Å². The largest absolute Gasteiger partial charge is 0.508 e. The summed E-state index contributed by atoms with van der Waals surface area (Å²) in [6.07, 6.45) is 1.22. The van der Waals surface area contributed by atoms with E-state index in [0.29, 0.717) is 23.2 Å². The normalized spacial score (nSPS) is 12.0. The second-order valence-electron chi connectivity index (χ2n) is 8.26. The molecule has 5 rings (SSSR count). The lowest BCUT2D eigenvalue weighted by Crippen LogP contribution is -2.19. The first kappa shape index (κ1) is 22.5. The summed E-state index contributed by atoms with van der Waals surface area (Å²) in [5.74, 6) is -1.29. The Morgan fingerprint density at radius 1 is 0.971 bits per heavy atom. The zero-order chi connectivity index (χ0) is 24.5. The number of aryl methyl sites for hydroxylation is 2. The van der Waals surface area contributed by atoms with Crippen molar-refractivity contribution in [2.45, 2.75) is 19.3 Å². The first-order valence-corrected chi connectivity index (χ1v) is 11.0. The van der Waals surface area contributed by atoms with E-state index in [1.807, 2.05) is 18.2 Å². The predicted molar refractivity (Wildman–Crippen MR) is 127 cm³/mol. The average Bonchev–Trinajstić information content (AvgIpc) is 2.86. The Balaban J connectivity index is 1.54. The zero-order valence-electron chi connectivity index (χ0n) is 18.8. The minimum absolute atomic E-state index is 0.0982. The number of rotatable bonds is 5. The Hall–Kier alpha value is -4.33. The highest BCUT2D eigenvalue weighted by Crippen LogP contribution is 2.37. The lowest BCUT2D eigenvalue weighted by molar-refractivity contribution is -0.115. The number of aromatic hydroxyl groups is 1. The molecule has 0 aliphatic heterocycles. The summed E-state index contributed by atoms with van der Waals surface area (Å²) in [6.45, 7) is 0. The molecule has 0 saturated heterocycles. The summed E-state index contributed by atoms with van der Waals surface area (Å²) in [5.41, 5.74) is 4.93. The number of carbonyl (C=O) groups is 1. The molecule has 0 spiro atoms. The Labute approximate surface area is 200 Å². The zero-order valence-corrected chi connectivity index (χ0v) is 18.8. The highest BCUT2D eigenvalue weighted by molar-refractivity contribution is 5.95. The van der Waals surface area contributed by atoms with Gasteiger partial charge in [-0.2, -0.15) is 0 Å². The summed E-state index contributed by atoms with van der Waals surface area (Å²) >= 11 is 0. The van der Waals surface area contributed by atoms with Crippen molar-refractivity contribution in [1.29, 1.82) is 0 Å². The third kappa shape index (κ3) is 4.55. The molecular weight excluding hydrogens is 452 g/mol. The quantitative estimate of drug-likeness (QED) is 0.422. The van der Waals surface area contributed by atoms with Gasteiger partial charge in [0.2, 0.25) is 5.91 Å². The number of methoxy groups -OCH3 is 1. The number of amides is 1. The maximum Gasteiger partial charge on any atom is 0.230 e. The van der Waals surface area contributed by atoms with E-state index < -0.39 is 17.5 Å². The molecule has 8 heteroatoms. The predicted octanol–water partition coefficient (Wildman–Crippen LogP) is 5.08. The summed E-state index contributed by atoms with van der Waals surface area (Å²) in [7, 11) is 1.62. The maximum atomic E-state index is 13.6. The van der Waals surface area contributed by atoms with Crippen molar-refractivity contribution in [1.82, 2.24) is 9.97 Å². The highest BCUT2D eigenvalue weighted by atomic mass is 19.2. The lowest BCUT2D eigenvalue weighted by Gasteiger charge is -2.21. The number of carbonyl (C=O) groups excluding carboxylic acids is 1. The molecule has 176 valence electrons. The molecule has 2 N–H and O–H groups in total. The van der Waals surface area contributed by atoms with Crippen molar-refractivity contribution < 1.29 is 23.4 Å². The van der Waals surface area contributed by atoms with E-state index in [2.05, 4.69) is 5.32 Å². The van der Waals surface area contributed by atoms with Crippen LogP contribution >= 0.6 is 0 Å². The molecule has 0 bridgehead atoms. The van der Waals surface area contributed by atoms with E-state index in [0.717, 1.165) is 46.8 Å². The van der Waals surface area contributed by atoms with Crippen molar-refractivity contribution in [2.24, 2.45) is 0 Å². The summed E-state index contributed by atoms with van der Waals surface area (Å²) in [6, 6.07) is 15.6. The Morgan fingerprint density at radius 3 is 2.51 bits per heavy atom. The first-order chi connectivity index (χ1) is 16.9. The maximum absolute atomic E-state index is 13.6. The van der Waals surface area contributed by atoms with Crippen LogP contribution in [0.25, 0.3) is 22.5 Å². The minimum atomic E-state index is -1.01. The van der Waals surface area contributed by atoms with Gasteiger partial charge in [-0.15, -0.1) is 0 Å². The van der Waals surface area contributed by atoms with Crippen LogP contribution in [0.4, 0.5) is 14.6 Å². The second kappa shape index (κ2) is 9.13. The van der Waals surface area contributed by atoms with Crippen LogP contribution in [0.15, 0.2) is 60.7 Å². The number of aromatic nitrogens is 2. The number of phenolic OH excluding ortho intramolecular Hbond substituents is 1. The molecule has 0 unspecified atom stereocenters. The molecule has 0 atom stereocenters. The van der Waals surface area contributed by atoms with Gasteiger partial charge in [-0.3, -0.25) is 4.79 Å². The topological polar surface area (TPSA) is 84.3 Å². The Morgan fingerprint density at radius 2 is 1.77 bits per heavy atom. The number of nitrogens with zero attached hydrogens (tertiary/aromatic N) is 2. The van der Waals surface area contributed by atoms with Gasteiger partial charge >= 0.3 is 0 Å². The molecule has 0 radical (unpaired) electrons. The van der Waals surface area contributed by atoms with Gasteiger partial charge in [-0.25, -0.2) is 18.7 Å². The summed E-state index contributed by atoms with van der Waals surface area (Å²) in [5, 5.41) is 12.5. The van der Waals surface area contributed by atoms with Crippen molar-refractivity contribution >= 4 is 11.7 Å². The molecule has 0 saturated carbocycles. The van der Waals surface area contributed by atoms with Gasteiger partial charge < -0.3 is 15.2 Å². The van der Waals surface area contributed by atoms with Crippen LogP contribution in [-0.4, -0.2) is 28.1 Å². The molecule has 35 heavy (non-hydrogen) atoms. The third-order valence-electron chi connectivity index (χ3n) is 5.91. The van der Waals surface area contributed by atoms with E-state index in [-0.39, 0.29) is 18.0 Å². The van der Waals surface area contributed by atoms with Crippen LogP contribution in [0.3, 0.4) is 0 Å². The number of benzene rings is 3. The van der Waals surface area contributed by atoms with Crippen molar-refractivity contribution in [3.05, 3.63) is 89.1 Å². The SMILES string of the molecule is COc1ccc2c(c1)CCc1nc(NC(=O)Cc3ccc(F)c(F)c3)c(-c3ccc(O)cc3)nc1-2. The van der Waals surface area contributed by atoms with Gasteiger partial charge in [0.15, 0.2) is 17.5 Å². The van der Waals surface area contributed by atoms with E-state index in [4.69, 9.17) is 14.7 Å². The molecule has 3 aromatic carbocycles. The molecular formula is C27H21F2N3O3. The molecule has 6 nitrogen and oxygen atoms in total. The van der Waals surface area contributed by atoms with Crippen LogP contribution in [0.2, 0.25) is 0 Å². The van der Waals surface area contributed by atoms with Gasteiger partial charge in [0.05, 0.1) is 24.9 Å². The van der Waals surface area contributed by atoms with Gasteiger partial charge in [0.25, 0.3) is 0 Å². The van der Waals surface area contributed by atoms with Crippen LogP contribution in [0.1, 0.15) is 16.8 Å². The molecule has 4 aromatic rings. The minimum Gasteiger partial charge on any atom is -0.508 e. The molecule has 1 aromatic heterocycles. The smallest absolute Gasteiger partial charge is 0.230 e. The van der Waals surface area contributed by atoms with Crippen LogP contribution in [0.5, 0.6) is 11.5 Å². The van der Waals surface area contributed by atoms with E-state index in [9.17, 15) is 18.7 Å². The number of nitrogens with one attached hydrogen (secondary N) is 1. The summed E-state index contributed by atoms with van der Waals surface area (Å²) < 4.78 is 32.2. The van der Waals surface area contributed by atoms with Gasteiger partial charge in [0, 0.05) is 11.1 Å². The standard InChI is InChI=1S/C27H21F2N3O3/c1-35-19-8-9-20-17(14-19)5-11-23-26(20)32-25(16-3-6-18(33)7-4-16)27(30-23)31-24(34)13-15-2-10-21(28)22(29)12-15/h2-4,6-10,12,14,33H,5,11,13H2,1H3,(H,30,31,34). The molecule has 1 aliphatic carbocycles. The lowest BCUT2D eigenvalue weighted by atomic mass is 9.91. The monoisotopic (exact) mass is 473 g/mol. The van der Waals surface area contributed by atoms with Gasteiger partial charge in [0.1, 0.15) is 17.2 Å². The second-order valence-corrected chi connectivity index (χ2v) is 8.26. The first-order valence-electron chi connectivity index (χ1n) is 11.0. The van der Waals surface area contributed by atoms with Crippen LogP contribution < -0.4 is 10.1 Å². The van der Waals surface area contributed by atoms with Crippen molar-refractivity contribution in [3.63, 3.8) is 0 Å². The molecule has 1 aliphatic rings. The number of halogens is 2. The number of anilines is 1. The number of fused-ring (bicyclic) bond motifs is 3. The number of phenols is 1. The van der Waals surface area contributed by atoms with E-state index in [1.54, 1.807) is 19.2 Å². The Bertz CT molecular complexity index is 1440. The summed E-state index contributed by atoms with van der Waals surface area (Å²) in [4.78, 5) is 22.4. The fraction of sp³-hybridized carbons (Fsp3) is 0.148.